The molecule has 0 aromatic heterocycles. The molecule has 10 heavy (non-hydrogen) atoms. The lowest BCUT2D eigenvalue weighted by Gasteiger charge is -2.09. The van der Waals surface area contributed by atoms with Crippen LogP contribution in [0.5, 0.6) is 0 Å². The largest absolute Gasteiger partial charge is 0.326 e. The van der Waals surface area contributed by atoms with Crippen molar-refractivity contribution in [3.8, 4) is 0 Å². The molecular weight excluding hydrogens is 198 g/mol. The quantitative estimate of drug-likeness (QED) is 0.550. The fourth-order valence-electron chi connectivity index (χ4n) is 0.432. The standard InChI is InChI=1S/C4H9Cl2O3P/c5-2-1-4(3-6)9-10(7)8/h4,10H,1-3H2,(H,7,8). The molecule has 0 saturated carbocycles. The van der Waals surface area contributed by atoms with Crippen molar-refractivity contribution in [1.82, 2.24) is 0 Å². The third kappa shape index (κ3) is 5.51. The Kier molecular flexibility index (Phi) is 6.91. The summed E-state index contributed by atoms with van der Waals surface area (Å²) in [4.78, 5) is 8.30. The van der Waals surface area contributed by atoms with Gasteiger partial charge in [0.25, 0.3) is 0 Å². The first-order valence-electron chi connectivity index (χ1n) is 2.72. The van der Waals surface area contributed by atoms with Crippen LogP contribution in [-0.4, -0.2) is 22.8 Å². The van der Waals surface area contributed by atoms with Gasteiger partial charge in [-0.15, -0.1) is 23.2 Å². The van der Waals surface area contributed by atoms with E-state index in [1.807, 2.05) is 0 Å². The van der Waals surface area contributed by atoms with Gasteiger partial charge in [-0.25, -0.2) is 0 Å². The van der Waals surface area contributed by atoms with Crippen LogP contribution >= 0.6 is 31.5 Å². The minimum absolute atomic E-state index is 0.198. The third-order valence-corrected chi connectivity index (χ3v) is 1.97. The average molecular weight is 207 g/mol. The lowest BCUT2D eigenvalue weighted by atomic mass is 10.3. The van der Waals surface area contributed by atoms with Crippen molar-refractivity contribution < 1.29 is 14.0 Å². The Labute approximate surface area is 70.2 Å². The third-order valence-electron chi connectivity index (χ3n) is 0.871. The Bertz CT molecular complexity index is 111. The van der Waals surface area contributed by atoms with Crippen LogP contribution in [0.2, 0.25) is 0 Å². The van der Waals surface area contributed by atoms with E-state index in [-0.39, 0.29) is 5.88 Å². The topological polar surface area (TPSA) is 46.5 Å². The van der Waals surface area contributed by atoms with E-state index in [1.54, 1.807) is 0 Å². The van der Waals surface area contributed by atoms with E-state index in [2.05, 4.69) is 4.52 Å². The molecule has 0 aliphatic heterocycles. The molecule has 0 radical (unpaired) electrons. The molecule has 0 spiro atoms. The van der Waals surface area contributed by atoms with Crippen molar-refractivity contribution >= 4 is 31.5 Å². The van der Waals surface area contributed by atoms with Crippen molar-refractivity contribution in [2.45, 2.75) is 12.5 Å². The van der Waals surface area contributed by atoms with Crippen molar-refractivity contribution in [2.24, 2.45) is 0 Å². The number of hydrogen-bond acceptors (Lipinski definition) is 2. The summed E-state index contributed by atoms with van der Waals surface area (Å²) in [5.41, 5.74) is 0. The fourth-order valence-corrected chi connectivity index (χ4v) is 1.48. The first-order valence-corrected chi connectivity index (χ1v) is 5.05. The predicted octanol–water partition coefficient (Wildman–Crippen LogP) is 1.62. The molecule has 0 heterocycles. The van der Waals surface area contributed by atoms with E-state index < -0.39 is 14.4 Å². The molecule has 0 aromatic rings. The van der Waals surface area contributed by atoms with Crippen LogP contribution in [-0.2, 0) is 9.09 Å². The molecule has 2 unspecified atom stereocenters. The van der Waals surface area contributed by atoms with Gasteiger partial charge in [-0.2, -0.15) is 0 Å². The van der Waals surface area contributed by atoms with Gasteiger partial charge < -0.3 is 9.42 Å². The van der Waals surface area contributed by atoms with Gasteiger partial charge in [-0.1, -0.05) is 0 Å². The Morgan fingerprint density at radius 3 is 2.50 bits per heavy atom. The molecule has 1 N–H and O–H groups in total. The molecule has 0 aliphatic rings. The van der Waals surface area contributed by atoms with Gasteiger partial charge >= 0.3 is 8.25 Å². The van der Waals surface area contributed by atoms with Gasteiger partial charge in [0, 0.05) is 11.8 Å². The normalized spacial score (nSPS) is 16.7. The Hall–Kier alpha value is 0.730. The summed E-state index contributed by atoms with van der Waals surface area (Å²) >= 11 is 10.7. The van der Waals surface area contributed by atoms with Crippen LogP contribution in [0.3, 0.4) is 0 Å². The van der Waals surface area contributed by atoms with Crippen LogP contribution in [0.4, 0.5) is 0 Å². The van der Waals surface area contributed by atoms with E-state index in [9.17, 15) is 4.57 Å². The maximum Gasteiger partial charge on any atom is 0.316 e. The van der Waals surface area contributed by atoms with Crippen LogP contribution in [0.25, 0.3) is 0 Å². The van der Waals surface area contributed by atoms with E-state index in [1.165, 1.54) is 0 Å². The number of hydrogen-bond donors (Lipinski definition) is 1. The molecule has 6 heteroatoms. The van der Waals surface area contributed by atoms with Gasteiger partial charge in [0.05, 0.1) is 6.10 Å². The Morgan fingerprint density at radius 1 is 1.60 bits per heavy atom. The molecule has 2 atom stereocenters. The summed E-state index contributed by atoms with van der Waals surface area (Å²) in [5.74, 6) is 0.580. The van der Waals surface area contributed by atoms with E-state index in [0.717, 1.165) is 0 Å². The highest BCUT2D eigenvalue weighted by Crippen LogP contribution is 2.20. The molecule has 0 aromatic carbocycles. The van der Waals surface area contributed by atoms with Crippen LogP contribution in [0.15, 0.2) is 0 Å². The fraction of sp³-hybridized carbons (Fsp3) is 1.00. The maximum absolute atomic E-state index is 10.1. The second kappa shape index (κ2) is 6.44. The second-order valence-corrected chi connectivity index (χ2v) is 3.09. The summed E-state index contributed by atoms with van der Waals surface area (Å²) in [6.07, 6.45) is 0.109. The Morgan fingerprint density at radius 2 is 2.20 bits per heavy atom. The first-order chi connectivity index (χ1) is 4.70. The summed E-state index contributed by atoms with van der Waals surface area (Å²) in [5, 5.41) is 0. The van der Waals surface area contributed by atoms with Crippen molar-refractivity contribution in [1.29, 1.82) is 0 Å². The molecule has 0 saturated heterocycles. The summed E-state index contributed by atoms with van der Waals surface area (Å²) in [6, 6.07) is 0. The van der Waals surface area contributed by atoms with Crippen LogP contribution in [0.1, 0.15) is 6.42 Å². The SMILES string of the molecule is O=[PH](O)OC(CCl)CCCl. The first kappa shape index (κ1) is 10.7. The average Bonchev–Trinajstić information content (AvgIpc) is 1.86. The smallest absolute Gasteiger partial charge is 0.316 e. The zero-order chi connectivity index (χ0) is 7.98. The van der Waals surface area contributed by atoms with Gasteiger partial charge in [0.2, 0.25) is 0 Å². The molecule has 0 bridgehead atoms. The zero-order valence-electron chi connectivity index (χ0n) is 5.22. The van der Waals surface area contributed by atoms with Gasteiger partial charge in [0.1, 0.15) is 0 Å². The van der Waals surface area contributed by atoms with Crippen molar-refractivity contribution in [3.63, 3.8) is 0 Å². The van der Waals surface area contributed by atoms with Gasteiger partial charge in [-0.3, -0.25) is 4.57 Å². The second-order valence-electron chi connectivity index (χ2n) is 1.64. The van der Waals surface area contributed by atoms with Crippen molar-refractivity contribution in [2.75, 3.05) is 11.8 Å². The summed E-state index contributed by atoms with van der Waals surface area (Å²) < 4.78 is 14.6. The van der Waals surface area contributed by atoms with E-state index >= 15 is 0 Å². The monoisotopic (exact) mass is 206 g/mol. The molecule has 0 rings (SSSR count). The van der Waals surface area contributed by atoms with E-state index in [4.69, 9.17) is 28.1 Å². The maximum atomic E-state index is 10.1. The van der Waals surface area contributed by atoms with Gasteiger partial charge in [0.15, 0.2) is 0 Å². The van der Waals surface area contributed by atoms with Crippen molar-refractivity contribution in [3.05, 3.63) is 0 Å². The summed E-state index contributed by atoms with van der Waals surface area (Å²) in [6.45, 7) is 0. The highest BCUT2D eigenvalue weighted by molar-refractivity contribution is 7.32. The molecular formula is C4H9Cl2O3P. The minimum atomic E-state index is -2.86. The Balaban J connectivity index is 3.49. The highest BCUT2D eigenvalue weighted by atomic mass is 35.5. The molecule has 0 aliphatic carbocycles. The van der Waals surface area contributed by atoms with E-state index in [0.29, 0.717) is 12.3 Å². The van der Waals surface area contributed by atoms with Crippen LogP contribution in [0, 0.1) is 0 Å². The molecule has 3 nitrogen and oxygen atoms in total. The lowest BCUT2D eigenvalue weighted by molar-refractivity contribution is 0.205. The number of halogens is 2. The van der Waals surface area contributed by atoms with Gasteiger partial charge in [-0.05, 0) is 6.42 Å². The summed E-state index contributed by atoms with van der Waals surface area (Å²) in [7, 11) is -2.86. The molecule has 0 fully saturated rings. The highest BCUT2D eigenvalue weighted by Gasteiger charge is 2.08. The van der Waals surface area contributed by atoms with Crippen LogP contribution < -0.4 is 0 Å². The number of rotatable bonds is 5. The zero-order valence-corrected chi connectivity index (χ0v) is 7.73. The lowest BCUT2D eigenvalue weighted by Crippen LogP contribution is -2.11. The molecule has 0 amide bonds. The number of alkyl halides is 2. The molecule has 62 valence electrons. The predicted molar refractivity (Wildman–Crippen MR) is 42.2 cm³/mol. The minimum Gasteiger partial charge on any atom is -0.326 e.